The minimum Gasteiger partial charge on any atom is -0.497 e. The highest BCUT2D eigenvalue weighted by atomic mass is 16.5. The molecule has 20 heavy (non-hydrogen) atoms. The molecule has 0 amide bonds. The number of ether oxygens (including phenoxy) is 1. The molecule has 2 aromatic rings. The van der Waals surface area contributed by atoms with Crippen LogP contribution >= 0.6 is 0 Å². The van der Waals surface area contributed by atoms with Gasteiger partial charge in [0.05, 0.1) is 25.0 Å². The Labute approximate surface area is 120 Å². The van der Waals surface area contributed by atoms with Gasteiger partial charge in [0.25, 0.3) is 0 Å². The number of anilines is 1. The molecule has 0 bridgehead atoms. The van der Waals surface area contributed by atoms with E-state index in [2.05, 4.69) is 40.4 Å². The summed E-state index contributed by atoms with van der Waals surface area (Å²) >= 11 is 0. The molecule has 0 saturated carbocycles. The molecule has 106 valence electrons. The third kappa shape index (κ3) is 3.71. The van der Waals surface area contributed by atoms with E-state index in [1.54, 1.807) is 7.11 Å². The Bertz CT molecular complexity index is 557. The Balaban J connectivity index is 2.10. The molecular formula is C16H21N3O. The van der Waals surface area contributed by atoms with Crippen LogP contribution < -0.4 is 15.0 Å². The van der Waals surface area contributed by atoms with Crippen LogP contribution in [0.4, 0.5) is 5.69 Å². The van der Waals surface area contributed by atoms with Gasteiger partial charge in [0.1, 0.15) is 5.75 Å². The normalized spacial score (nSPS) is 10.3. The summed E-state index contributed by atoms with van der Waals surface area (Å²) in [6, 6.07) is 14.2. The predicted molar refractivity (Wildman–Crippen MR) is 82.1 cm³/mol. The second kappa shape index (κ2) is 6.91. The van der Waals surface area contributed by atoms with E-state index in [1.807, 2.05) is 31.3 Å². The van der Waals surface area contributed by atoms with Gasteiger partial charge in [0.2, 0.25) is 0 Å². The fourth-order valence-electron chi connectivity index (χ4n) is 2.08. The molecule has 4 nitrogen and oxygen atoms in total. The van der Waals surface area contributed by atoms with Crippen molar-refractivity contribution in [3.05, 3.63) is 53.9 Å². The largest absolute Gasteiger partial charge is 0.497 e. The highest BCUT2D eigenvalue weighted by Crippen LogP contribution is 2.21. The maximum Gasteiger partial charge on any atom is 0.120 e. The first kappa shape index (κ1) is 14.3. The number of nitrogens with one attached hydrogen (secondary N) is 1. The number of nitrogens with zero attached hydrogens (tertiary/aromatic N) is 2. The third-order valence-electron chi connectivity index (χ3n) is 3.12. The van der Waals surface area contributed by atoms with Crippen molar-refractivity contribution in [3.63, 3.8) is 0 Å². The quantitative estimate of drug-likeness (QED) is 0.875. The molecule has 0 aliphatic heterocycles. The van der Waals surface area contributed by atoms with Crippen LogP contribution in [0.25, 0.3) is 0 Å². The van der Waals surface area contributed by atoms with Crippen molar-refractivity contribution in [1.82, 2.24) is 10.3 Å². The van der Waals surface area contributed by atoms with Gasteiger partial charge in [0.15, 0.2) is 0 Å². The lowest BCUT2D eigenvalue weighted by Gasteiger charge is -2.19. The Hall–Kier alpha value is -2.07. The highest BCUT2D eigenvalue weighted by molar-refractivity contribution is 5.50. The van der Waals surface area contributed by atoms with E-state index in [0.717, 1.165) is 35.9 Å². The summed E-state index contributed by atoms with van der Waals surface area (Å²) in [7, 11) is 5.67. The van der Waals surface area contributed by atoms with E-state index in [-0.39, 0.29) is 0 Å². The lowest BCUT2D eigenvalue weighted by molar-refractivity contribution is 0.415. The van der Waals surface area contributed by atoms with Crippen LogP contribution in [0.3, 0.4) is 0 Å². The minimum absolute atomic E-state index is 0.769. The zero-order valence-corrected chi connectivity index (χ0v) is 12.3. The summed E-state index contributed by atoms with van der Waals surface area (Å²) in [5.74, 6) is 0.867. The van der Waals surface area contributed by atoms with Gasteiger partial charge in [-0.05, 0) is 31.3 Å². The van der Waals surface area contributed by atoms with Crippen molar-refractivity contribution < 1.29 is 4.74 Å². The van der Waals surface area contributed by atoms with E-state index in [9.17, 15) is 0 Å². The Morgan fingerprint density at radius 1 is 1.15 bits per heavy atom. The van der Waals surface area contributed by atoms with Crippen molar-refractivity contribution in [2.24, 2.45) is 0 Å². The lowest BCUT2D eigenvalue weighted by atomic mass is 10.2. The first-order chi connectivity index (χ1) is 9.72. The number of hydrogen-bond donors (Lipinski definition) is 1. The van der Waals surface area contributed by atoms with Crippen LogP contribution in [-0.4, -0.2) is 26.2 Å². The average molecular weight is 271 g/mol. The zero-order chi connectivity index (χ0) is 14.4. The van der Waals surface area contributed by atoms with E-state index in [1.165, 1.54) is 0 Å². The zero-order valence-electron chi connectivity index (χ0n) is 12.3. The fourth-order valence-corrected chi connectivity index (χ4v) is 2.08. The van der Waals surface area contributed by atoms with E-state index >= 15 is 0 Å². The Morgan fingerprint density at radius 3 is 2.65 bits per heavy atom. The molecule has 0 spiro atoms. The smallest absolute Gasteiger partial charge is 0.120 e. The minimum atomic E-state index is 0.769. The molecule has 0 radical (unpaired) electrons. The van der Waals surface area contributed by atoms with Gasteiger partial charge in [-0.1, -0.05) is 12.1 Å². The van der Waals surface area contributed by atoms with Gasteiger partial charge in [0, 0.05) is 25.3 Å². The molecule has 2 rings (SSSR count). The summed E-state index contributed by atoms with van der Waals surface area (Å²) in [4.78, 5) is 6.80. The van der Waals surface area contributed by atoms with Gasteiger partial charge < -0.3 is 15.0 Å². The molecule has 0 aliphatic rings. The summed E-state index contributed by atoms with van der Waals surface area (Å²) in [5, 5.41) is 3.12. The van der Waals surface area contributed by atoms with Crippen molar-refractivity contribution in [2.45, 2.75) is 13.1 Å². The molecule has 0 unspecified atom stereocenters. The van der Waals surface area contributed by atoms with E-state index < -0.39 is 0 Å². The molecule has 0 saturated heterocycles. The van der Waals surface area contributed by atoms with Crippen molar-refractivity contribution in [3.8, 4) is 5.75 Å². The Morgan fingerprint density at radius 2 is 1.90 bits per heavy atom. The molecule has 1 heterocycles. The van der Waals surface area contributed by atoms with Crippen LogP contribution in [0.1, 0.15) is 11.4 Å². The number of hydrogen-bond acceptors (Lipinski definition) is 4. The topological polar surface area (TPSA) is 37.4 Å². The highest BCUT2D eigenvalue weighted by Gasteiger charge is 2.05. The predicted octanol–water partition coefficient (Wildman–Crippen LogP) is 2.45. The number of pyridine rings is 1. The summed E-state index contributed by atoms with van der Waals surface area (Å²) in [6.07, 6.45) is 0. The third-order valence-corrected chi connectivity index (χ3v) is 3.12. The van der Waals surface area contributed by atoms with Crippen LogP contribution in [0.5, 0.6) is 5.75 Å². The van der Waals surface area contributed by atoms with Crippen LogP contribution in [0.15, 0.2) is 42.5 Å². The van der Waals surface area contributed by atoms with E-state index in [4.69, 9.17) is 4.74 Å². The molecular weight excluding hydrogens is 250 g/mol. The van der Waals surface area contributed by atoms with Gasteiger partial charge >= 0.3 is 0 Å². The van der Waals surface area contributed by atoms with Crippen molar-refractivity contribution in [2.75, 3.05) is 26.1 Å². The maximum atomic E-state index is 5.26. The maximum absolute atomic E-state index is 5.26. The number of aromatic nitrogens is 1. The summed E-state index contributed by atoms with van der Waals surface area (Å²) in [5.41, 5.74) is 3.23. The molecule has 0 fully saturated rings. The molecule has 4 heteroatoms. The van der Waals surface area contributed by atoms with Crippen molar-refractivity contribution >= 4 is 5.69 Å². The average Bonchev–Trinajstić information content (AvgIpc) is 2.48. The molecule has 1 aromatic carbocycles. The molecule has 1 aromatic heterocycles. The molecule has 0 aliphatic carbocycles. The fraction of sp³-hybridized carbons (Fsp3) is 0.312. The first-order valence-corrected chi connectivity index (χ1v) is 6.67. The van der Waals surface area contributed by atoms with Gasteiger partial charge in [-0.3, -0.25) is 4.98 Å². The van der Waals surface area contributed by atoms with Crippen LogP contribution in [-0.2, 0) is 13.1 Å². The monoisotopic (exact) mass is 271 g/mol. The Kier molecular flexibility index (Phi) is 4.96. The first-order valence-electron chi connectivity index (χ1n) is 6.67. The number of benzene rings is 1. The van der Waals surface area contributed by atoms with E-state index in [0.29, 0.717) is 0 Å². The number of rotatable bonds is 6. The van der Waals surface area contributed by atoms with Gasteiger partial charge in [-0.2, -0.15) is 0 Å². The lowest BCUT2D eigenvalue weighted by Crippen LogP contribution is -2.18. The van der Waals surface area contributed by atoms with Gasteiger partial charge in [-0.15, -0.1) is 0 Å². The molecule has 1 N–H and O–H groups in total. The summed E-state index contributed by atoms with van der Waals surface area (Å²) in [6.45, 7) is 1.56. The standard InChI is InChI=1S/C16H21N3O/c1-17-11-13-6-4-7-14(18-13)12-19(2)15-8-5-9-16(10-15)20-3/h4-10,17H,11-12H2,1-3H3. The van der Waals surface area contributed by atoms with Crippen LogP contribution in [0.2, 0.25) is 0 Å². The SMILES string of the molecule is CNCc1cccc(CN(C)c2cccc(OC)c2)n1. The summed E-state index contributed by atoms with van der Waals surface area (Å²) < 4.78 is 5.26. The number of methoxy groups -OCH3 is 1. The second-order valence-corrected chi connectivity index (χ2v) is 4.71. The van der Waals surface area contributed by atoms with Crippen LogP contribution in [0, 0.1) is 0 Å². The molecule has 0 atom stereocenters. The van der Waals surface area contributed by atoms with Gasteiger partial charge in [-0.25, -0.2) is 0 Å². The second-order valence-electron chi connectivity index (χ2n) is 4.71. The van der Waals surface area contributed by atoms with Crippen molar-refractivity contribution in [1.29, 1.82) is 0 Å².